The van der Waals surface area contributed by atoms with Crippen molar-refractivity contribution in [2.45, 2.75) is 46.8 Å². The number of para-hydroxylation sites is 1. The molecule has 1 rings (SSSR count). The highest BCUT2D eigenvalue weighted by Crippen LogP contribution is 2.64. The van der Waals surface area contributed by atoms with Gasteiger partial charge in [0.25, 0.3) is 0 Å². The molecule has 0 atom stereocenters. The van der Waals surface area contributed by atoms with Gasteiger partial charge >= 0.3 is 52.7 Å². The topological polar surface area (TPSA) is 29.1 Å². The lowest BCUT2D eigenvalue weighted by Gasteiger charge is -2.42. The summed E-state index contributed by atoms with van der Waals surface area (Å²) >= 11 is 5.97. The molecule has 0 bridgehead atoms. The van der Waals surface area contributed by atoms with Crippen LogP contribution >= 0.6 is 27.5 Å². The molecule has 0 saturated carbocycles. The Kier molecular flexibility index (Phi) is 7.82. The fourth-order valence-electron chi connectivity index (χ4n) is 2.07. The SMILES string of the molecule is O=C(Nc1ccccc1Br)C(F)(F)C(F)(F)C(F)(F)C(F)(F)C(F)(F)C(F)(F)C(F)(F)C(F)(F)Cl. The quantitative estimate of drug-likeness (QED) is 0.219. The highest BCUT2D eigenvalue weighted by Gasteiger charge is 2.95. The molecule has 1 aromatic carbocycles. The fourth-order valence-corrected chi connectivity index (χ4v) is 2.57. The van der Waals surface area contributed by atoms with Crippen molar-refractivity contribution in [1.29, 1.82) is 0 Å². The van der Waals surface area contributed by atoms with Gasteiger partial charge in [-0.2, -0.15) is 70.2 Å². The van der Waals surface area contributed by atoms with E-state index >= 15 is 0 Å². The molecule has 1 N–H and O–H groups in total. The summed E-state index contributed by atoms with van der Waals surface area (Å²) in [4.78, 5) is 11.4. The van der Waals surface area contributed by atoms with Crippen LogP contribution in [0.5, 0.6) is 0 Å². The molecule has 35 heavy (non-hydrogen) atoms. The molecule has 0 radical (unpaired) electrons. The smallest absolute Gasteiger partial charge is 0.320 e. The highest BCUT2D eigenvalue weighted by molar-refractivity contribution is 9.10. The molecule has 0 spiro atoms. The number of halogens is 18. The van der Waals surface area contributed by atoms with E-state index in [1.54, 1.807) is 0 Å². The van der Waals surface area contributed by atoms with Gasteiger partial charge in [-0.3, -0.25) is 4.79 Å². The van der Waals surface area contributed by atoms with Gasteiger partial charge in [0.05, 0.1) is 5.69 Å². The van der Waals surface area contributed by atoms with Crippen LogP contribution in [0.4, 0.5) is 75.9 Å². The van der Waals surface area contributed by atoms with Crippen LogP contribution in [-0.4, -0.2) is 52.7 Å². The molecule has 202 valence electrons. The van der Waals surface area contributed by atoms with E-state index < -0.39 is 62.9 Å². The molecule has 0 aromatic heterocycles. The Balaban J connectivity index is 3.60. The second kappa shape index (κ2) is 8.72. The van der Waals surface area contributed by atoms with Crippen LogP contribution in [0.1, 0.15) is 0 Å². The van der Waals surface area contributed by atoms with Crippen molar-refractivity contribution in [3.63, 3.8) is 0 Å². The van der Waals surface area contributed by atoms with E-state index in [0.29, 0.717) is 6.07 Å². The number of benzene rings is 1. The average molecular weight is 635 g/mol. The van der Waals surface area contributed by atoms with Gasteiger partial charge in [0.2, 0.25) is 0 Å². The first kappa shape index (κ1) is 31.4. The predicted octanol–water partition coefficient (Wildman–Crippen LogP) is 7.67. The first-order chi connectivity index (χ1) is 15.2. The number of carbonyl (C=O) groups is 1. The van der Waals surface area contributed by atoms with Crippen molar-refractivity contribution < 1.29 is 75.0 Å². The molecule has 0 heterocycles. The normalized spacial score (nSPS) is 15.3. The summed E-state index contributed by atoms with van der Waals surface area (Å²) < 4.78 is 214. The molecule has 1 amide bonds. The number of hydrogen-bond donors (Lipinski definition) is 1. The minimum Gasteiger partial charge on any atom is -0.320 e. The van der Waals surface area contributed by atoms with Crippen LogP contribution in [0.15, 0.2) is 28.7 Å². The number of alkyl halides is 17. The molecule has 1 aromatic rings. The zero-order valence-electron chi connectivity index (χ0n) is 15.5. The minimum absolute atomic E-state index is 0.403. The lowest BCUT2D eigenvalue weighted by molar-refractivity contribution is -0.445. The van der Waals surface area contributed by atoms with E-state index in [9.17, 15) is 75.0 Å². The second-order valence-electron chi connectivity index (χ2n) is 6.45. The second-order valence-corrected chi connectivity index (χ2v) is 7.78. The van der Waals surface area contributed by atoms with Crippen LogP contribution in [0.3, 0.4) is 0 Å². The maximum absolute atomic E-state index is 13.8. The molecule has 0 saturated heterocycles. The van der Waals surface area contributed by atoms with Crippen molar-refractivity contribution in [2.75, 3.05) is 5.32 Å². The van der Waals surface area contributed by atoms with Crippen molar-refractivity contribution in [1.82, 2.24) is 0 Å². The van der Waals surface area contributed by atoms with Crippen LogP contribution < -0.4 is 5.32 Å². The summed E-state index contributed by atoms with van der Waals surface area (Å²) in [5, 5.41) is -6.03. The van der Waals surface area contributed by atoms with Gasteiger partial charge in [-0.05, 0) is 39.7 Å². The zero-order valence-corrected chi connectivity index (χ0v) is 17.9. The van der Waals surface area contributed by atoms with Gasteiger partial charge in [0.15, 0.2) is 0 Å². The summed E-state index contributed by atoms with van der Waals surface area (Å²) in [7, 11) is 0. The maximum Gasteiger partial charge on any atom is 0.393 e. The van der Waals surface area contributed by atoms with Crippen LogP contribution in [-0.2, 0) is 4.79 Å². The fraction of sp³-hybridized carbons (Fsp3) is 0.533. The largest absolute Gasteiger partial charge is 0.393 e. The number of hydrogen-bond acceptors (Lipinski definition) is 1. The molecule has 20 heteroatoms. The van der Waals surface area contributed by atoms with Crippen LogP contribution in [0.2, 0.25) is 0 Å². The van der Waals surface area contributed by atoms with Crippen molar-refractivity contribution in [3.8, 4) is 0 Å². The summed E-state index contributed by atoms with van der Waals surface area (Å²) in [6, 6.07) is 3.63. The van der Waals surface area contributed by atoms with E-state index in [-0.39, 0.29) is 0 Å². The van der Waals surface area contributed by atoms with Gasteiger partial charge in [-0.1, -0.05) is 12.1 Å². The van der Waals surface area contributed by atoms with Gasteiger partial charge in [0, 0.05) is 4.47 Å². The van der Waals surface area contributed by atoms with Crippen molar-refractivity contribution >= 4 is 39.1 Å². The summed E-state index contributed by atoms with van der Waals surface area (Å²) in [5.74, 6) is -60.6. The van der Waals surface area contributed by atoms with E-state index in [1.807, 2.05) is 0 Å². The monoisotopic (exact) mass is 633 g/mol. The van der Waals surface area contributed by atoms with E-state index in [4.69, 9.17) is 0 Å². The van der Waals surface area contributed by atoms with Crippen molar-refractivity contribution in [2.24, 2.45) is 0 Å². The van der Waals surface area contributed by atoms with Crippen molar-refractivity contribution in [3.05, 3.63) is 28.7 Å². The Morgan fingerprint density at radius 2 is 0.971 bits per heavy atom. The summed E-state index contributed by atoms with van der Waals surface area (Å²) in [5.41, 5.74) is -0.899. The molecular formula is C15H5BrClF16NO. The molecule has 0 aliphatic carbocycles. The number of amides is 1. The molecule has 2 nitrogen and oxygen atoms in total. The maximum atomic E-state index is 13.8. The molecule has 0 aliphatic heterocycles. The molecule has 0 unspecified atom stereocenters. The summed E-state index contributed by atoms with van der Waals surface area (Å²) in [6.07, 6.45) is 0. The third-order valence-electron chi connectivity index (χ3n) is 4.13. The highest BCUT2D eigenvalue weighted by atomic mass is 79.9. The van der Waals surface area contributed by atoms with E-state index in [1.165, 1.54) is 0 Å². The van der Waals surface area contributed by atoms with E-state index in [0.717, 1.165) is 23.5 Å². The van der Waals surface area contributed by atoms with Gasteiger partial charge in [-0.15, -0.1) is 0 Å². The summed E-state index contributed by atoms with van der Waals surface area (Å²) in [6.45, 7) is 0. The van der Waals surface area contributed by atoms with Gasteiger partial charge in [0.1, 0.15) is 0 Å². The van der Waals surface area contributed by atoms with Gasteiger partial charge < -0.3 is 5.32 Å². The standard InChI is InChI=1S/C15H5BrClF16NO/c16-5-3-1-2-4-6(5)34-7(35)8(18,19)9(20,21)10(22,23)11(24,25)12(26,27)13(28,29)14(30,31)15(17,32)33/h1-4H,(H,34,35). The minimum atomic E-state index is -8.63. The number of anilines is 1. The Labute approximate surface area is 195 Å². The first-order valence-electron chi connectivity index (χ1n) is 7.93. The third kappa shape index (κ3) is 4.39. The number of nitrogens with one attached hydrogen (secondary N) is 1. The molecule has 0 aliphatic rings. The lowest BCUT2D eigenvalue weighted by atomic mass is 9.89. The number of carbonyl (C=O) groups excluding carboxylic acids is 1. The zero-order chi connectivity index (χ0) is 28.3. The van der Waals surface area contributed by atoms with Crippen LogP contribution in [0, 0.1) is 0 Å². The average Bonchev–Trinajstić information content (AvgIpc) is 2.67. The number of rotatable bonds is 9. The Morgan fingerprint density at radius 1 is 0.629 bits per heavy atom. The lowest BCUT2D eigenvalue weighted by Crippen LogP contribution is -2.75. The predicted molar refractivity (Wildman–Crippen MR) is 88.2 cm³/mol. The Morgan fingerprint density at radius 3 is 1.34 bits per heavy atom. The first-order valence-corrected chi connectivity index (χ1v) is 9.10. The molecular weight excluding hydrogens is 629 g/mol. The Hall–Kier alpha value is -1.66. The van der Waals surface area contributed by atoms with Gasteiger partial charge in [-0.25, -0.2) is 0 Å². The Bertz CT molecular complexity index is 961. The molecule has 0 fully saturated rings. The van der Waals surface area contributed by atoms with E-state index in [2.05, 4.69) is 27.5 Å². The van der Waals surface area contributed by atoms with Crippen LogP contribution in [0.25, 0.3) is 0 Å². The third-order valence-corrected chi connectivity index (χ3v) is 5.06.